The first-order chi connectivity index (χ1) is 7.49. The molecule has 0 radical (unpaired) electrons. The van der Waals surface area contributed by atoms with Crippen LogP contribution in [0.15, 0.2) is 12.2 Å². The molecule has 0 aromatic rings. The molecule has 0 bridgehead atoms. The van der Waals surface area contributed by atoms with Crippen LogP contribution in [0.25, 0.3) is 0 Å². The first kappa shape index (κ1) is 14.7. The van der Waals surface area contributed by atoms with Crippen LogP contribution in [0.4, 0.5) is 0 Å². The zero-order valence-electron chi connectivity index (χ0n) is 10.5. The van der Waals surface area contributed by atoms with E-state index in [1.807, 2.05) is 27.7 Å². The molecule has 2 atom stereocenters. The van der Waals surface area contributed by atoms with E-state index in [0.29, 0.717) is 0 Å². The number of nitrogens with one attached hydrogen (secondary N) is 2. The summed E-state index contributed by atoms with van der Waals surface area (Å²) in [6.07, 6.45) is 4.28. The van der Waals surface area contributed by atoms with Crippen LogP contribution in [0.1, 0.15) is 40.5 Å². The highest BCUT2D eigenvalue weighted by atomic mass is 16.2. The molecule has 2 amide bonds. The molecule has 0 saturated heterocycles. The summed E-state index contributed by atoms with van der Waals surface area (Å²) in [7, 11) is 0. The second kappa shape index (κ2) is 7.91. The van der Waals surface area contributed by atoms with Gasteiger partial charge in [0.25, 0.3) is 0 Å². The number of hydrogen-bond acceptors (Lipinski definition) is 2. The third kappa shape index (κ3) is 7.04. The minimum Gasteiger partial charge on any atom is -0.350 e. The quantitative estimate of drug-likeness (QED) is 0.672. The summed E-state index contributed by atoms with van der Waals surface area (Å²) in [5.41, 5.74) is 0. The Morgan fingerprint density at radius 2 is 1.25 bits per heavy atom. The van der Waals surface area contributed by atoms with E-state index in [4.69, 9.17) is 0 Å². The van der Waals surface area contributed by atoms with Gasteiger partial charge in [0.1, 0.15) is 0 Å². The van der Waals surface area contributed by atoms with E-state index >= 15 is 0 Å². The fourth-order valence-corrected chi connectivity index (χ4v) is 0.937. The van der Waals surface area contributed by atoms with Gasteiger partial charge >= 0.3 is 0 Å². The van der Waals surface area contributed by atoms with Crippen molar-refractivity contribution in [3.63, 3.8) is 0 Å². The van der Waals surface area contributed by atoms with Crippen LogP contribution < -0.4 is 10.6 Å². The van der Waals surface area contributed by atoms with Gasteiger partial charge in [0.15, 0.2) is 0 Å². The van der Waals surface area contributed by atoms with Crippen LogP contribution in [0, 0.1) is 0 Å². The standard InChI is InChI=1S/C12H22N2O2/c1-5-9(3)13-11(15)7-8-12(16)14-10(4)6-2/h7-10H,5-6H2,1-4H3,(H,13,15)(H,14,16). The molecule has 0 aliphatic heterocycles. The molecule has 0 saturated carbocycles. The highest BCUT2D eigenvalue weighted by Gasteiger charge is 2.04. The minimum absolute atomic E-state index is 0.134. The Labute approximate surface area is 97.5 Å². The predicted molar refractivity (Wildman–Crippen MR) is 64.9 cm³/mol. The summed E-state index contributed by atoms with van der Waals surface area (Å²) in [5, 5.41) is 5.49. The number of carbonyl (C=O) groups excluding carboxylic acids is 2. The van der Waals surface area contributed by atoms with Crippen LogP contribution in [-0.4, -0.2) is 23.9 Å². The lowest BCUT2D eigenvalue weighted by molar-refractivity contribution is -0.119. The number of rotatable bonds is 6. The molecular formula is C12H22N2O2. The lowest BCUT2D eigenvalue weighted by Gasteiger charge is -2.09. The summed E-state index contributed by atoms with van der Waals surface area (Å²) in [6.45, 7) is 7.82. The molecule has 4 nitrogen and oxygen atoms in total. The Morgan fingerprint density at radius 3 is 1.50 bits per heavy atom. The van der Waals surface area contributed by atoms with E-state index in [1.165, 1.54) is 12.2 Å². The van der Waals surface area contributed by atoms with Crippen molar-refractivity contribution in [3.05, 3.63) is 12.2 Å². The van der Waals surface area contributed by atoms with Crippen molar-refractivity contribution in [2.45, 2.75) is 52.6 Å². The van der Waals surface area contributed by atoms with E-state index < -0.39 is 0 Å². The summed E-state index contributed by atoms with van der Waals surface area (Å²) < 4.78 is 0. The molecule has 92 valence electrons. The third-order valence-corrected chi connectivity index (χ3v) is 2.39. The van der Waals surface area contributed by atoms with Crippen molar-refractivity contribution in [3.8, 4) is 0 Å². The largest absolute Gasteiger partial charge is 0.350 e. The fraction of sp³-hybridized carbons (Fsp3) is 0.667. The molecule has 0 rings (SSSR count). The molecule has 2 unspecified atom stereocenters. The van der Waals surface area contributed by atoms with Gasteiger partial charge in [0, 0.05) is 24.2 Å². The van der Waals surface area contributed by atoms with Crippen molar-refractivity contribution in [2.75, 3.05) is 0 Å². The number of hydrogen-bond donors (Lipinski definition) is 2. The Hall–Kier alpha value is -1.32. The fourth-order valence-electron chi connectivity index (χ4n) is 0.937. The van der Waals surface area contributed by atoms with Gasteiger partial charge in [-0.25, -0.2) is 0 Å². The molecule has 4 heteroatoms. The smallest absolute Gasteiger partial charge is 0.244 e. The molecule has 0 aliphatic rings. The molecule has 2 N–H and O–H groups in total. The van der Waals surface area contributed by atoms with E-state index in [2.05, 4.69) is 10.6 Å². The molecule has 16 heavy (non-hydrogen) atoms. The first-order valence-electron chi connectivity index (χ1n) is 5.78. The highest BCUT2D eigenvalue weighted by molar-refractivity contribution is 5.96. The molecule has 0 aromatic heterocycles. The maximum Gasteiger partial charge on any atom is 0.244 e. The van der Waals surface area contributed by atoms with Gasteiger partial charge in [-0.3, -0.25) is 9.59 Å². The van der Waals surface area contributed by atoms with E-state index in [0.717, 1.165) is 12.8 Å². The zero-order valence-corrected chi connectivity index (χ0v) is 10.5. The highest BCUT2D eigenvalue weighted by Crippen LogP contribution is 1.90. The normalized spacial score (nSPS) is 14.5. The van der Waals surface area contributed by atoms with Gasteiger partial charge in [-0.1, -0.05) is 13.8 Å². The average Bonchev–Trinajstić information content (AvgIpc) is 2.26. The predicted octanol–water partition coefficient (Wildman–Crippen LogP) is 1.37. The van der Waals surface area contributed by atoms with Crippen molar-refractivity contribution >= 4 is 11.8 Å². The second-order valence-electron chi connectivity index (χ2n) is 3.97. The van der Waals surface area contributed by atoms with Gasteiger partial charge in [0.05, 0.1) is 0 Å². The number of carbonyl (C=O) groups is 2. The van der Waals surface area contributed by atoms with Crippen molar-refractivity contribution in [1.29, 1.82) is 0 Å². The SMILES string of the molecule is CCC(C)NC(=O)C=CC(=O)NC(C)CC. The van der Waals surface area contributed by atoms with Crippen LogP contribution >= 0.6 is 0 Å². The number of amides is 2. The molecule has 0 spiro atoms. The van der Waals surface area contributed by atoms with Gasteiger partial charge in [-0.2, -0.15) is 0 Å². The molecule has 0 heterocycles. The monoisotopic (exact) mass is 226 g/mol. The Balaban J connectivity index is 3.98. The summed E-state index contributed by atoms with van der Waals surface area (Å²) in [6, 6.07) is 0.268. The first-order valence-corrected chi connectivity index (χ1v) is 5.78. The maximum absolute atomic E-state index is 11.3. The second-order valence-corrected chi connectivity index (χ2v) is 3.97. The lowest BCUT2D eigenvalue weighted by Crippen LogP contribution is -2.32. The molecule has 0 aliphatic carbocycles. The summed E-state index contributed by atoms with van der Waals surface area (Å²) >= 11 is 0. The Morgan fingerprint density at radius 1 is 0.938 bits per heavy atom. The zero-order chi connectivity index (χ0) is 12.6. The van der Waals surface area contributed by atoms with E-state index in [-0.39, 0.29) is 23.9 Å². The topological polar surface area (TPSA) is 58.2 Å². The van der Waals surface area contributed by atoms with Crippen molar-refractivity contribution in [1.82, 2.24) is 10.6 Å². The lowest BCUT2D eigenvalue weighted by atomic mass is 10.2. The summed E-state index contributed by atoms with van der Waals surface area (Å²) in [4.78, 5) is 22.6. The van der Waals surface area contributed by atoms with Crippen molar-refractivity contribution < 1.29 is 9.59 Å². The van der Waals surface area contributed by atoms with Crippen LogP contribution in [0.3, 0.4) is 0 Å². The minimum atomic E-state index is -0.228. The van der Waals surface area contributed by atoms with E-state index in [9.17, 15) is 9.59 Å². The molecule has 0 aromatic carbocycles. The van der Waals surface area contributed by atoms with Gasteiger partial charge in [0.2, 0.25) is 11.8 Å². The van der Waals surface area contributed by atoms with E-state index in [1.54, 1.807) is 0 Å². The summed E-state index contributed by atoms with van der Waals surface area (Å²) in [5.74, 6) is -0.456. The van der Waals surface area contributed by atoms with Gasteiger partial charge < -0.3 is 10.6 Å². The molecular weight excluding hydrogens is 204 g/mol. The van der Waals surface area contributed by atoms with Crippen LogP contribution in [-0.2, 0) is 9.59 Å². The molecule has 0 fully saturated rings. The van der Waals surface area contributed by atoms with Gasteiger partial charge in [-0.05, 0) is 26.7 Å². The Bertz CT molecular complexity index is 236. The maximum atomic E-state index is 11.3. The average molecular weight is 226 g/mol. The Kier molecular flexibility index (Phi) is 7.25. The van der Waals surface area contributed by atoms with Gasteiger partial charge in [-0.15, -0.1) is 0 Å². The van der Waals surface area contributed by atoms with Crippen LogP contribution in [0.2, 0.25) is 0 Å². The third-order valence-electron chi connectivity index (χ3n) is 2.39. The van der Waals surface area contributed by atoms with Crippen molar-refractivity contribution in [2.24, 2.45) is 0 Å². The van der Waals surface area contributed by atoms with Crippen LogP contribution in [0.5, 0.6) is 0 Å².